The lowest BCUT2D eigenvalue weighted by Gasteiger charge is -2.15. The number of imidazole rings is 1. The Bertz CT molecular complexity index is 925. The molecule has 8 heteroatoms. The Kier molecular flexibility index (Phi) is 5.54. The van der Waals surface area contributed by atoms with Crippen molar-refractivity contribution in [1.82, 2.24) is 9.55 Å². The van der Waals surface area contributed by atoms with E-state index < -0.39 is 18.6 Å². The van der Waals surface area contributed by atoms with Gasteiger partial charge in [0.05, 0.1) is 18.1 Å². The molecule has 27 heavy (non-hydrogen) atoms. The highest BCUT2D eigenvalue weighted by Gasteiger charge is 2.24. The summed E-state index contributed by atoms with van der Waals surface area (Å²) in [5.74, 6) is 0.403. The summed E-state index contributed by atoms with van der Waals surface area (Å²) in [7, 11) is 1.54. The van der Waals surface area contributed by atoms with Crippen LogP contribution < -0.4 is 9.47 Å². The first-order chi connectivity index (χ1) is 13.0. The molecule has 0 bridgehead atoms. The van der Waals surface area contributed by atoms with Gasteiger partial charge in [-0.3, -0.25) is 4.57 Å². The predicted octanol–water partition coefficient (Wildman–Crippen LogP) is 4.12. The van der Waals surface area contributed by atoms with Crippen LogP contribution in [0.15, 0.2) is 48.5 Å². The Balaban J connectivity index is 1.67. The van der Waals surface area contributed by atoms with Gasteiger partial charge in [-0.05, 0) is 43.3 Å². The highest BCUT2D eigenvalue weighted by molar-refractivity contribution is 5.76. The molecule has 1 aromatic heterocycles. The fraction of sp³-hybridized carbons (Fsp3) is 0.263. The summed E-state index contributed by atoms with van der Waals surface area (Å²) in [6, 6.07) is 13.2. The van der Waals surface area contributed by atoms with E-state index >= 15 is 0 Å². The van der Waals surface area contributed by atoms with Gasteiger partial charge in [0.25, 0.3) is 0 Å². The lowest BCUT2D eigenvalue weighted by molar-refractivity contribution is -0.151. The zero-order chi connectivity index (χ0) is 19.4. The first kappa shape index (κ1) is 18.6. The highest BCUT2D eigenvalue weighted by atomic mass is 19.3. The lowest BCUT2D eigenvalue weighted by atomic mass is 10.3. The number of para-hydroxylation sites is 2. The number of halogens is 2. The molecule has 0 amide bonds. The number of esters is 1. The summed E-state index contributed by atoms with van der Waals surface area (Å²) in [6.45, 7) is -1.67. The van der Waals surface area contributed by atoms with Crippen molar-refractivity contribution in [3.05, 3.63) is 54.4 Å². The number of aromatic nitrogens is 2. The number of fused-ring (bicyclic) bond motifs is 1. The van der Waals surface area contributed by atoms with Gasteiger partial charge in [0.15, 0.2) is 18.5 Å². The number of benzene rings is 2. The maximum Gasteiger partial charge on any atom is 0.344 e. The molecular formula is C19H18F2N2O4. The number of methoxy groups -OCH3 is 1. The van der Waals surface area contributed by atoms with E-state index in [0.717, 1.165) is 4.57 Å². The normalized spacial score (nSPS) is 12.2. The van der Waals surface area contributed by atoms with E-state index in [0.29, 0.717) is 17.0 Å². The molecule has 2 aromatic carbocycles. The molecule has 0 aliphatic carbocycles. The van der Waals surface area contributed by atoms with E-state index in [2.05, 4.69) is 4.98 Å². The van der Waals surface area contributed by atoms with Crippen molar-refractivity contribution in [1.29, 1.82) is 0 Å². The van der Waals surface area contributed by atoms with Crippen LogP contribution in [0.5, 0.6) is 11.5 Å². The SMILES string of the molecule is COc1ccc(OCC(=O)OC(C)c2nc3ccccc3n2C(F)F)cc1. The maximum atomic E-state index is 13.5. The highest BCUT2D eigenvalue weighted by Crippen LogP contribution is 2.28. The molecule has 0 fully saturated rings. The average molecular weight is 376 g/mol. The molecule has 142 valence electrons. The van der Waals surface area contributed by atoms with Crippen molar-refractivity contribution in [3.63, 3.8) is 0 Å². The van der Waals surface area contributed by atoms with Crippen molar-refractivity contribution in [2.24, 2.45) is 0 Å². The minimum Gasteiger partial charge on any atom is -0.497 e. The van der Waals surface area contributed by atoms with Gasteiger partial charge < -0.3 is 14.2 Å². The van der Waals surface area contributed by atoms with Gasteiger partial charge in [-0.25, -0.2) is 9.78 Å². The Morgan fingerprint density at radius 2 is 1.78 bits per heavy atom. The van der Waals surface area contributed by atoms with Gasteiger partial charge in [-0.1, -0.05) is 12.1 Å². The van der Waals surface area contributed by atoms with E-state index in [9.17, 15) is 13.6 Å². The number of hydrogen-bond donors (Lipinski definition) is 0. The van der Waals surface area contributed by atoms with Crippen molar-refractivity contribution < 1.29 is 27.8 Å². The van der Waals surface area contributed by atoms with Gasteiger partial charge >= 0.3 is 12.5 Å². The number of carbonyl (C=O) groups excluding carboxylic acids is 1. The molecule has 1 unspecified atom stereocenters. The van der Waals surface area contributed by atoms with Gasteiger partial charge in [-0.2, -0.15) is 8.78 Å². The van der Waals surface area contributed by atoms with Crippen LogP contribution in [0.25, 0.3) is 11.0 Å². The summed E-state index contributed by atoms with van der Waals surface area (Å²) in [5.41, 5.74) is 0.685. The number of rotatable bonds is 7. The maximum absolute atomic E-state index is 13.5. The number of carbonyl (C=O) groups is 1. The minimum absolute atomic E-state index is 0.0241. The van der Waals surface area contributed by atoms with Crippen LogP contribution in [0.4, 0.5) is 8.78 Å². The molecule has 3 rings (SSSR count). The van der Waals surface area contributed by atoms with Gasteiger partial charge in [0.2, 0.25) is 0 Å². The third-order valence-corrected chi connectivity index (χ3v) is 3.91. The van der Waals surface area contributed by atoms with Crippen LogP contribution in [0.2, 0.25) is 0 Å². The van der Waals surface area contributed by atoms with Crippen LogP contribution in [0.3, 0.4) is 0 Å². The van der Waals surface area contributed by atoms with Crippen molar-refractivity contribution in [2.45, 2.75) is 19.6 Å². The first-order valence-corrected chi connectivity index (χ1v) is 8.21. The predicted molar refractivity (Wildman–Crippen MR) is 94.0 cm³/mol. The second-order valence-electron chi connectivity index (χ2n) is 5.70. The summed E-state index contributed by atoms with van der Waals surface area (Å²) < 4.78 is 43.3. The third kappa shape index (κ3) is 4.16. The fourth-order valence-electron chi connectivity index (χ4n) is 2.65. The molecule has 3 aromatic rings. The number of hydrogen-bond acceptors (Lipinski definition) is 5. The van der Waals surface area contributed by atoms with Crippen molar-refractivity contribution >= 4 is 17.0 Å². The van der Waals surface area contributed by atoms with Crippen LogP contribution in [0, 0.1) is 0 Å². The second-order valence-corrected chi connectivity index (χ2v) is 5.70. The smallest absolute Gasteiger partial charge is 0.344 e. The quantitative estimate of drug-likeness (QED) is 0.581. The zero-order valence-electron chi connectivity index (χ0n) is 14.8. The Hall–Kier alpha value is -3.16. The lowest BCUT2D eigenvalue weighted by Crippen LogP contribution is -2.19. The van der Waals surface area contributed by atoms with E-state index in [4.69, 9.17) is 14.2 Å². The molecule has 0 saturated carbocycles. The molecule has 1 atom stereocenters. The summed E-state index contributed by atoms with van der Waals surface area (Å²) in [6.07, 6.45) is -0.960. The molecule has 0 radical (unpaired) electrons. The van der Waals surface area contributed by atoms with E-state index in [-0.39, 0.29) is 17.9 Å². The average Bonchev–Trinajstić information content (AvgIpc) is 3.07. The van der Waals surface area contributed by atoms with Crippen molar-refractivity contribution in [3.8, 4) is 11.5 Å². The summed E-state index contributed by atoms with van der Waals surface area (Å²) in [5, 5.41) is 0. The van der Waals surface area contributed by atoms with E-state index in [1.807, 2.05) is 0 Å². The third-order valence-electron chi connectivity index (χ3n) is 3.91. The molecular weight excluding hydrogens is 358 g/mol. The van der Waals surface area contributed by atoms with Crippen LogP contribution >= 0.6 is 0 Å². The second kappa shape index (κ2) is 8.03. The first-order valence-electron chi connectivity index (χ1n) is 8.21. The van der Waals surface area contributed by atoms with Crippen LogP contribution in [0.1, 0.15) is 25.4 Å². The van der Waals surface area contributed by atoms with Crippen LogP contribution in [-0.4, -0.2) is 29.2 Å². The molecule has 0 spiro atoms. The molecule has 6 nitrogen and oxygen atoms in total. The Labute approximate surface area is 154 Å². The molecule has 0 aliphatic rings. The van der Waals surface area contributed by atoms with E-state index in [1.54, 1.807) is 55.6 Å². The monoisotopic (exact) mass is 376 g/mol. The van der Waals surface area contributed by atoms with Gasteiger partial charge in [-0.15, -0.1) is 0 Å². The Morgan fingerprint density at radius 3 is 2.44 bits per heavy atom. The van der Waals surface area contributed by atoms with Gasteiger partial charge in [0.1, 0.15) is 11.5 Å². The number of nitrogens with zero attached hydrogens (tertiary/aromatic N) is 2. The number of alkyl halides is 2. The fourth-order valence-corrected chi connectivity index (χ4v) is 2.65. The largest absolute Gasteiger partial charge is 0.497 e. The van der Waals surface area contributed by atoms with Gasteiger partial charge in [0, 0.05) is 0 Å². The molecule has 0 N–H and O–H groups in total. The minimum atomic E-state index is -2.80. The molecule has 0 saturated heterocycles. The zero-order valence-corrected chi connectivity index (χ0v) is 14.8. The van der Waals surface area contributed by atoms with Crippen LogP contribution in [-0.2, 0) is 9.53 Å². The molecule has 1 heterocycles. The summed E-state index contributed by atoms with van der Waals surface area (Å²) in [4.78, 5) is 16.2. The standard InChI is InChI=1S/C19H18F2N2O4/c1-12(18-22-15-5-3-4-6-16(15)23(18)19(20)21)27-17(24)11-26-14-9-7-13(25-2)8-10-14/h3-10,12,19H,11H2,1-2H3. The molecule has 0 aliphatic heterocycles. The summed E-state index contributed by atoms with van der Waals surface area (Å²) >= 11 is 0. The number of ether oxygens (including phenoxy) is 3. The topological polar surface area (TPSA) is 62.6 Å². The Morgan fingerprint density at radius 1 is 1.11 bits per heavy atom. The van der Waals surface area contributed by atoms with Crippen molar-refractivity contribution in [2.75, 3.05) is 13.7 Å². The van der Waals surface area contributed by atoms with E-state index in [1.165, 1.54) is 6.92 Å².